The highest BCUT2D eigenvalue weighted by Crippen LogP contribution is 2.53. The summed E-state index contributed by atoms with van der Waals surface area (Å²) in [6.07, 6.45) is 4.07. The molecule has 1 heterocycles. The molecule has 1 saturated carbocycles. The Morgan fingerprint density at radius 1 is 1.50 bits per heavy atom. The average molecular weight is 199 g/mol. The Morgan fingerprint density at radius 2 is 2.29 bits per heavy atom. The summed E-state index contributed by atoms with van der Waals surface area (Å²) in [7, 11) is 0. The molecule has 3 N–H and O–H groups in total. The summed E-state index contributed by atoms with van der Waals surface area (Å²) >= 11 is 0. The van der Waals surface area contributed by atoms with Crippen LogP contribution < -0.4 is 5.73 Å². The molecule has 0 spiro atoms. The molecule has 2 rings (SSSR count). The fraction of sp³-hybridized carbons (Fsp3) is 1.00. The van der Waals surface area contributed by atoms with Gasteiger partial charge in [0.2, 0.25) is 0 Å². The Morgan fingerprint density at radius 3 is 2.64 bits per heavy atom. The zero-order valence-electron chi connectivity index (χ0n) is 8.96. The van der Waals surface area contributed by atoms with Crippen molar-refractivity contribution < 1.29 is 9.84 Å². The maximum atomic E-state index is 10.6. The molecule has 1 aliphatic carbocycles. The van der Waals surface area contributed by atoms with Crippen LogP contribution in [0.15, 0.2) is 0 Å². The molecule has 3 unspecified atom stereocenters. The molecule has 2 aliphatic rings. The van der Waals surface area contributed by atoms with Crippen LogP contribution in [0.4, 0.5) is 0 Å². The van der Waals surface area contributed by atoms with Gasteiger partial charge in [0.05, 0.1) is 12.2 Å². The van der Waals surface area contributed by atoms with E-state index in [0.717, 1.165) is 32.3 Å². The van der Waals surface area contributed by atoms with Gasteiger partial charge in [0.25, 0.3) is 0 Å². The van der Waals surface area contributed by atoms with Crippen molar-refractivity contribution in [2.45, 2.75) is 38.2 Å². The Labute approximate surface area is 85.6 Å². The van der Waals surface area contributed by atoms with Crippen molar-refractivity contribution in [2.24, 2.45) is 17.1 Å². The minimum atomic E-state index is -0.553. The van der Waals surface area contributed by atoms with Gasteiger partial charge in [-0.3, -0.25) is 0 Å². The molecule has 1 aliphatic heterocycles. The van der Waals surface area contributed by atoms with E-state index in [-0.39, 0.29) is 5.41 Å². The molecule has 3 heteroatoms. The highest BCUT2D eigenvalue weighted by molar-refractivity contribution is 5.08. The lowest BCUT2D eigenvalue weighted by Gasteiger charge is -2.57. The number of hydrogen-bond acceptors (Lipinski definition) is 3. The van der Waals surface area contributed by atoms with Gasteiger partial charge >= 0.3 is 0 Å². The number of rotatable bonds is 2. The second-order valence-electron chi connectivity index (χ2n) is 5.00. The first-order valence-corrected chi connectivity index (χ1v) is 5.65. The highest BCUT2D eigenvalue weighted by atomic mass is 16.5. The molecule has 0 aromatic carbocycles. The smallest absolute Gasteiger partial charge is 0.0763 e. The van der Waals surface area contributed by atoms with Crippen molar-refractivity contribution in [2.75, 3.05) is 19.8 Å². The molecule has 0 amide bonds. The average Bonchev–Trinajstić information content (AvgIpc) is 2.26. The predicted molar refractivity (Wildman–Crippen MR) is 54.9 cm³/mol. The standard InChI is InChI=1S/C11H21NO2/c1-9-3-5-11(9,13)10(7-12)4-2-6-14-8-10/h9,13H,2-8,12H2,1H3. The van der Waals surface area contributed by atoms with Crippen LogP contribution in [0.2, 0.25) is 0 Å². The van der Waals surface area contributed by atoms with E-state index in [9.17, 15) is 5.11 Å². The van der Waals surface area contributed by atoms with Crippen LogP contribution in [0, 0.1) is 11.3 Å². The van der Waals surface area contributed by atoms with Crippen LogP contribution in [0.1, 0.15) is 32.6 Å². The fourth-order valence-electron chi connectivity index (χ4n) is 3.03. The van der Waals surface area contributed by atoms with Gasteiger partial charge in [-0.15, -0.1) is 0 Å². The van der Waals surface area contributed by atoms with E-state index in [1.54, 1.807) is 0 Å². The van der Waals surface area contributed by atoms with E-state index in [0.29, 0.717) is 19.1 Å². The first-order valence-electron chi connectivity index (χ1n) is 5.65. The SMILES string of the molecule is CC1CCC1(O)C1(CN)CCCOC1. The summed E-state index contributed by atoms with van der Waals surface area (Å²) in [5.41, 5.74) is 5.14. The summed E-state index contributed by atoms with van der Waals surface area (Å²) in [6, 6.07) is 0. The fourth-order valence-corrected chi connectivity index (χ4v) is 3.03. The molecular formula is C11H21NO2. The third kappa shape index (κ3) is 1.23. The Hall–Kier alpha value is -0.120. The summed E-state index contributed by atoms with van der Waals surface area (Å²) in [5.74, 6) is 0.382. The first kappa shape index (κ1) is 10.4. The zero-order chi connectivity index (χ0) is 10.2. The number of hydrogen-bond donors (Lipinski definition) is 2. The van der Waals surface area contributed by atoms with Crippen molar-refractivity contribution in [1.29, 1.82) is 0 Å². The van der Waals surface area contributed by atoms with Gasteiger partial charge in [0.1, 0.15) is 0 Å². The molecule has 2 fully saturated rings. The minimum absolute atomic E-state index is 0.164. The molecule has 3 atom stereocenters. The second-order valence-corrected chi connectivity index (χ2v) is 5.00. The van der Waals surface area contributed by atoms with Crippen LogP contribution in [-0.4, -0.2) is 30.5 Å². The summed E-state index contributed by atoms with van der Waals surface area (Å²) in [4.78, 5) is 0. The topological polar surface area (TPSA) is 55.5 Å². The molecule has 14 heavy (non-hydrogen) atoms. The van der Waals surface area contributed by atoms with Gasteiger partial charge in [-0.05, 0) is 31.6 Å². The summed E-state index contributed by atoms with van der Waals surface area (Å²) < 4.78 is 5.51. The predicted octanol–water partition coefficient (Wildman–Crippen LogP) is 0.903. The van der Waals surface area contributed by atoms with Crippen LogP contribution in [-0.2, 0) is 4.74 Å². The maximum Gasteiger partial charge on any atom is 0.0763 e. The Bertz CT molecular complexity index is 213. The van der Waals surface area contributed by atoms with Crippen LogP contribution in [0.5, 0.6) is 0 Å². The molecule has 3 nitrogen and oxygen atoms in total. The highest BCUT2D eigenvalue weighted by Gasteiger charge is 2.57. The molecular weight excluding hydrogens is 178 g/mol. The Balaban J connectivity index is 2.17. The van der Waals surface area contributed by atoms with E-state index in [2.05, 4.69) is 6.92 Å². The van der Waals surface area contributed by atoms with Crippen LogP contribution in [0.3, 0.4) is 0 Å². The lowest BCUT2D eigenvalue weighted by atomic mass is 9.54. The molecule has 0 aromatic rings. The third-order valence-corrected chi connectivity index (χ3v) is 4.41. The monoisotopic (exact) mass is 199 g/mol. The van der Waals surface area contributed by atoms with Gasteiger partial charge in [0, 0.05) is 18.6 Å². The van der Waals surface area contributed by atoms with Crippen molar-refractivity contribution >= 4 is 0 Å². The van der Waals surface area contributed by atoms with Gasteiger partial charge in [0.15, 0.2) is 0 Å². The summed E-state index contributed by atoms with van der Waals surface area (Å²) in [5, 5.41) is 10.6. The zero-order valence-corrected chi connectivity index (χ0v) is 8.96. The van der Waals surface area contributed by atoms with Gasteiger partial charge in [-0.25, -0.2) is 0 Å². The van der Waals surface area contributed by atoms with Crippen molar-refractivity contribution in [3.63, 3.8) is 0 Å². The van der Waals surface area contributed by atoms with E-state index in [1.807, 2.05) is 0 Å². The number of nitrogens with two attached hydrogens (primary N) is 1. The molecule has 0 bridgehead atoms. The first-order chi connectivity index (χ1) is 6.65. The van der Waals surface area contributed by atoms with Crippen LogP contribution in [0.25, 0.3) is 0 Å². The second kappa shape index (κ2) is 3.47. The quantitative estimate of drug-likeness (QED) is 0.695. The number of aliphatic hydroxyl groups is 1. The third-order valence-electron chi connectivity index (χ3n) is 4.41. The Kier molecular flexibility index (Phi) is 2.58. The lowest BCUT2D eigenvalue weighted by Crippen LogP contribution is -2.64. The van der Waals surface area contributed by atoms with Crippen molar-refractivity contribution in [3.8, 4) is 0 Å². The molecule has 1 saturated heterocycles. The van der Waals surface area contributed by atoms with Gasteiger partial charge in [-0.2, -0.15) is 0 Å². The summed E-state index contributed by atoms with van der Waals surface area (Å²) in [6.45, 7) is 4.14. The van der Waals surface area contributed by atoms with E-state index < -0.39 is 5.60 Å². The molecule has 82 valence electrons. The normalized spacial score (nSPS) is 48.6. The van der Waals surface area contributed by atoms with Crippen LogP contribution >= 0.6 is 0 Å². The van der Waals surface area contributed by atoms with E-state index >= 15 is 0 Å². The molecule has 0 radical (unpaired) electrons. The van der Waals surface area contributed by atoms with Gasteiger partial charge in [-0.1, -0.05) is 6.92 Å². The molecule has 0 aromatic heterocycles. The van der Waals surface area contributed by atoms with Gasteiger partial charge < -0.3 is 15.6 Å². The number of ether oxygens (including phenoxy) is 1. The van der Waals surface area contributed by atoms with E-state index in [4.69, 9.17) is 10.5 Å². The van der Waals surface area contributed by atoms with Crippen molar-refractivity contribution in [1.82, 2.24) is 0 Å². The maximum absolute atomic E-state index is 10.6. The van der Waals surface area contributed by atoms with Crippen molar-refractivity contribution in [3.05, 3.63) is 0 Å². The lowest BCUT2D eigenvalue weighted by molar-refractivity contribution is -0.212. The minimum Gasteiger partial charge on any atom is -0.389 e. The largest absolute Gasteiger partial charge is 0.389 e. The van der Waals surface area contributed by atoms with E-state index in [1.165, 1.54) is 0 Å².